The first kappa shape index (κ1) is 14.1. The molecule has 8 heteroatoms. The second-order valence-electron chi connectivity index (χ2n) is 4.39. The van der Waals surface area contributed by atoms with Gasteiger partial charge in [-0.05, 0) is 25.0 Å². The predicted molar refractivity (Wildman–Crippen MR) is 66.7 cm³/mol. The van der Waals surface area contributed by atoms with Crippen molar-refractivity contribution in [3.8, 4) is 0 Å². The Labute approximate surface area is 110 Å². The van der Waals surface area contributed by atoms with Gasteiger partial charge in [-0.2, -0.15) is 26.5 Å². The van der Waals surface area contributed by atoms with Gasteiger partial charge in [0, 0.05) is 13.1 Å². The third-order valence-electron chi connectivity index (χ3n) is 2.96. The second-order valence-corrected chi connectivity index (χ2v) is 6.06. The summed E-state index contributed by atoms with van der Waals surface area (Å²) in [5.41, 5.74) is -0.342. The molecule has 0 unspecified atom stereocenters. The highest BCUT2D eigenvalue weighted by Crippen LogP contribution is 2.18. The molecule has 0 saturated carbocycles. The number of anilines is 1. The van der Waals surface area contributed by atoms with Crippen molar-refractivity contribution in [3.05, 3.63) is 24.0 Å². The van der Waals surface area contributed by atoms with Crippen LogP contribution >= 0.6 is 0 Å². The number of aromatic nitrogens is 1. The molecule has 1 N–H and O–H groups in total. The smallest absolute Gasteiger partial charge is 0.266 e. The predicted octanol–water partition coefficient (Wildman–Crippen LogP) is 1.89. The van der Waals surface area contributed by atoms with E-state index in [1.54, 1.807) is 0 Å². The first-order chi connectivity index (χ1) is 8.99. The van der Waals surface area contributed by atoms with E-state index in [-0.39, 0.29) is 5.69 Å². The van der Waals surface area contributed by atoms with Crippen LogP contribution in [0.1, 0.15) is 25.7 Å². The largest absolute Gasteiger partial charge is 0.301 e. The third kappa shape index (κ3) is 3.60. The van der Waals surface area contributed by atoms with Gasteiger partial charge in [0.1, 0.15) is 5.69 Å². The number of nitrogens with zero attached hydrogens (tertiary/aromatic N) is 2. The Hall–Kier alpha value is -1.28. The molecule has 1 aliphatic heterocycles. The van der Waals surface area contributed by atoms with Gasteiger partial charge in [-0.3, -0.25) is 4.72 Å². The van der Waals surface area contributed by atoms with E-state index in [2.05, 4.69) is 9.71 Å². The molecule has 0 aromatic carbocycles. The van der Waals surface area contributed by atoms with Gasteiger partial charge in [-0.25, -0.2) is 0 Å². The van der Waals surface area contributed by atoms with E-state index in [0.717, 1.165) is 37.8 Å². The molecule has 0 bridgehead atoms. The van der Waals surface area contributed by atoms with Crippen LogP contribution in [-0.2, 0) is 10.2 Å². The Morgan fingerprint density at radius 1 is 1.11 bits per heavy atom. The SMILES string of the molecule is O=S(=O)(Nc1ccc(F)nc1F)N1CCCCCC1. The first-order valence-corrected chi connectivity index (χ1v) is 7.53. The molecule has 1 fully saturated rings. The fraction of sp³-hybridized carbons (Fsp3) is 0.545. The van der Waals surface area contributed by atoms with Crippen molar-refractivity contribution in [1.29, 1.82) is 0 Å². The van der Waals surface area contributed by atoms with Crippen molar-refractivity contribution in [3.63, 3.8) is 0 Å². The van der Waals surface area contributed by atoms with E-state index in [1.807, 2.05) is 0 Å². The summed E-state index contributed by atoms with van der Waals surface area (Å²) in [6.45, 7) is 0.817. The van der Waals surface area contributed by atoms with E-state index in [0.29, 0.717) is 13.1 Å². The van der Waals surface area contributed by atoms with Crippen molar-refractivity contribution in [1.82, 2.24) is 9.29 Å². The van der Waals surface area contributed by atoms with Gasteiger partial charge in [0.2, 0.25) is 11.9 Å². The van der Waals surface area contributed by atoms with Gasteiger partial charge in [0.15, 0.2) is 0 Å². The van der Waals surface area contributed by atoms with Gasteiger partial charge in [0.05, 0.1) is 0 Å². The first-order valence-electron chi connectivity index (χ1n) is 6.09. The molecule has 1 aromatic heterocycles. The zero-order chi connectivity index (χ0) is 13.9. The summed E-state index contributed by atoms with van der Waals surface area (Å²) in [6.07, 6.45) is 3.53. The summed E-state index contributed by atoms with van der Waals surface area (Å²) in [7, 11) is -3.81. The molecule has 0 spiro atoms. The molecule has 1 aliphatic rings. The van der Waals surface area contributed by atoms with Gasteiger partial charge in [-0.15, -0.1) is 0 Å². The minimum absolute atomic E-state index is 0.342. The van der Waals surface area contributed by atoms with E-state index < -0.39 is 22.1 Å². The Bertz CT molecular complexity index is 543. The van der Waals surface area contributed by atoms with Crippen LogP contribution in [0.3, 0.4) is 0 Å². The molecular formula is C11H15F2N3O2S. The highest BCUT2D eigenvalue weighted by molar-refractivity contribution is 7.90. The van der Waals surface area contributed by atoms with E-state index in [1.165, 1.54) is 4.31 Å². The van der Waals surface area contributed by atoms with Gasteiger partial charge < -0.3 is 0 Å². The van der Waals surface area contributed by atoms with E-state index in [4.69, 9.17) is 0 Å². The highest BCUT2D eigenvalue weighted by Gasteiger charge is 2.24. The second kappa shape index (κ2) is 5.79. The van der Waals surface area contributed by atoms with E-state index >= 15 is 0 Å². The lowest BCUT2D eigenvalue weighted by Gasteiger charge is -2.20. The van der Waals surface area contributed by atoms with Crippen LogP contribution in [-0.4, -0.2) is 30.8 Å². The number of rotatable bonds is 3. The summed E-state index contributed by atoms with van der Waals surface area (Å²) in [6, 6.07) is 1.93. The monoisotopic (exact) mass is 291 g/mol. The summed E-state index contributed by atoms with van der Waals surface area (Å²) >= 11 is 0. The normalized spacial score (nSPS) is 18.0. The molecule has 19 heavy (non-hydrogen) atoms. The average Bonchev–Trinajstić information content (AvgIpc) is 2.62. The fourth-order valence-electron chi connectivity index (χ4n) is 1.97. The van der Waals surface area contributed by atoms with Crippen LogP contribution in [0.2, 0.25) is 0 Å². The molecule has 2 heterocycles. The minimum Gasteiger partial charge on any atom is -0.266 e. The molecule has 1 saturated heterocycles. The molecule has 5 nitrogen and oxygen atoms in total. The summed E-state index contributed by atoms with van der Waals surface area (Å²) in [4.78, 5) is 2.94. The van der Waals surface area contributed by atoms with Crippen molar-refractivity contribution >= 4 is 15.9 Å². The van der Waals surface area contributed by atoms with E-state index in [9.17, 15) is 17.2 Å². The minimum atomic E-state index is -3.81. The molecule has 106 valence electrons. The maximum absolute atomic E-state index is 13.3. The number of nitrogens with one attached hydrogen (secondary N) is 1. The van der Waals surface area contributed by atoms with Gasteiger partial charge >= 0.3 is 10.2 Å². The lowest BCUT2D eigenvalue weighted by Crippen LogP contribution is -2.36. The van der Waals surface area contributed by atoms with Crippen LogP contribution in [0.25, 0.3) is 0 Å². The molecule has 0 amide bonds. The standard InChI is InChI=1S/C11H15F2N3O2S/c12-10-6-5-9(11(13)14-10)15-19(17,18)16-7-3-1-2-4-8-16/h5-6,15H,1-4,7-8H2. The molecule has 0 radical (unpaired) electrons. The topological polar surface area (TPSA) is 62.3 Å². The molecule has 0 aliphatic carbocycles. The quantitative estimate of drug-likeness (QED) is 0.865. The molecule has 2 rings (SSSR count). The van der Waals surface area contributed by atoms with Gasteiger partial charge in [-0.1, -0.05) is 12.8 Å². The number of halogens is 2. The van der Waals surface area contributed by atoms with Gasteiger partial charge in [0.25, 0.3) is 0 Å². The van der Waals surface area contributed by atoms with Crippen LogP contribution in [0, 0.1) is 11.9 Å². The molecular weight excluding hydrogens is 276 g/mol. The Morgan fingerprint density at radius 3 is 2.32 bits per heavy atom. The number of hydrogen-bond donors (Lipinski definition) is 1. The van der Waals surface area contributed by atoms with Crippen LogP contribution < -0.4 is 4.72 Å². The molecule has 0 atom stereocenters. The third-order valence-corrected chi connectivity index (χ3v) is 4.48. The summed E-state index contributed by atoms with van der Waals surface area (Å²) < 4.78 is 53.5. The summed E-state index contributed by atoms with van der Waals surface area (Å²) in [5, 5.41) is 0. The van der Waals surface area contributed by atoms with Crippen molar-refractivity contribution < 1.29 is 17.2 Å². The average molecular weight is 291 g/mol. The maximum Gasteiger partial charge on any atom is 0.301 e. The van der Waals surface area contributed by atoms with Crippen LogP contribution in [0.5, 0.6) is 0 Å². The zero-order valence-corrected chi connectivity index (χ0v) is 11.1. The van der Waals surface area contributed by atoms with Crippen LogP contribution in [0.4, 0.5) is 14.5 Å². The fourth-order valence-corrected chi connectivity index (χ4v) is 3.27. The highest BCUT2D eigenvalue weighted by atomic mass is 32.2. The maximum atomic E-state index is 13.3. The Balaban J connectivity index is 2.15. The Kier molecular flexibility index (Phi) is 4.31. The number of pyridine rings is 1. The lowest BCUT2D eigenvalue weighted by atomic mass is 10.2. The van der Waals surface area contributed by atoms with Crippen molar-refractivity contribution in [2.75, 3.05) is 17.8 Å². The van der Waals surface area contributed by atoms with Crippen molar-refractivity contribution in [2.45, 2.75) is 25.7 Å². The van der Waals surface area contributed by atoms with Crippen LogP contribution in [0.15, 0.2) is 12.1 Å². The van der Waals surface area contributed by atoms with Crippen molar-refractivity contribution in [2.24, 2.45) is 0 Å². The number of hydrogen-bond acceptors (Lipinski definition) is 3. The zero-order valence-electron chi connectivity index (χ0n) is 10.3. The molecule has 1 aromatic rings. The summed E-state index contributed by atoms with van der Waals surface area (Å²) in [5.74, 6) is -2.16. The Morgan fingerprint density at radius 2 is 1.74 bits per heavy atom. The lowest BCUT2D eigenvalue weighted by molar-refractivity contribution is 0.427.